The highest BCUT2D eigenvalue weighted by Crippen LogP contribution is 2.17. The second kappa shape index (κ2) is 4.72. The van der Waals surface area contributed by atoms with E-state index in [4.69, 9.17) is 11.0 Å². The molecule has 0 amide bonds. The van der Waals surface area contributed by atoms with Gasteiger partial charge in [-0.3, -0.25) is 0 Å². The summed E-state index contributed by atoms with van der Waals surface area (Å²) in [5.74, 6) is -0.370. The second-order valence-electron chi connectivity index (χ2n) is 2.27. The zero-order chi connectivity index (χ0) is 10.6. The number of rotatable bonds is 3. The van der Waals surface area contributed by atoms with E-state index in [2.05, 4.69) is 9.97 Å². The van der Waals surface area contributed by atoms with Crippen LogP contribution >= 0.6 is 11.8 Å². The number of aromatic nitrogens is 2. The van der Waals surface area contributed by atoms with Crippen LogP contribution in [0.15, 0.2) is 11.4 Å². The number of anilines is 1. The second-order valence-corrected chi connectivity index (χ2v) is 3.25. The normalized spacial score (nSPS) is 10.1. The van der Waals surface area contributed by atoms with Crippen LogP contribution in [0, 0.1) is 11.3 Å². The van der Waals surface area contributed by atoms with Crippen molar-refractivity contribution in [1.29, 1.82) is 5.26 Å². The molecule has 0 atom stereocenters. The van der Waals surface area contributed by atoms with Gasteiger partial charge < -0.3 is 5.73 Å². The van der Waals surface area contributed by atoms with E-state index in [0.717, 1.165) is 11.8 Å². The molecule has 0 fully saturated rings. The van der Waals surface area contributed by atoms with E-state index in [9.17, 15) is 8.78 Å². The van der Waals surface area contributed by atoms with Crippen molar-refractivity contribution in [3.8, 4) is 6.07 Å². The van der Waals surface area contributed by atoms with Crippen molar-refractivity contribution in [2.45, 2.75) is 11.6 Å². The fraction of sp³-hybridized carbons (Fsp3) is 0.286. The first-order valence-corrected chi connectivity index (χ1v) is 4.55. The van der Waals surface area contributed by atoms with Crippen LogP contribution in [0.25, 0.3) is 0 Å². The first-order chi connectivity index (χ1) is 6.63. The SMILES string of the molecule is N#Cc1cnc(SCC(F)F)nc1N. The molecule has 14 heavy (non-hydrogen) atoms. The molecule has 0 aliphatic carbocycles. The van der Waals surface area contributed by atoms with Crippen molar-refractivity contribution in [3.05, 3.63) is 11.8 Å². The zero-order valence-electron chi connectivity index (χ0n) is 6.94. The summed E-state index contributed by atoms with van der Waals surface area (Å²) in [7, 11) is 0. The van der Waals surface area contributed by atoms with E-state index < -0.39 is 6.43 Å². The number of halogens is 2. The Morgan fingerprint density at radius 2 is 2.36 bits per heavy atom. The first kappa shape index (κ1) is 10.7. The van der Waals surface area contributed by atoms with Gasteiger partial charge in [0.1, 0.15) is 17.5 Å². The van der Waals surface area contributed by atoms with E-state index in [1.807, 2.05) is 0 Å². The van der Waals surface area contributed by atoms with E-state index in [0.29, 0.717) is 0 Å². The molecule has 0 saturated heterocycles. The van der Waals surface area contributed by atoms with Gasteiger partial charge in [-0.05, 0) is 0 Å². The van der Waals surface area contributed by atoms with Crippen LogP contribution in [0.1, 0.15) is 5.56 Å². The Labute approximate surface area is 83.2 Å². The maximum absolute atomic E-state index is 11.8. The van der Waals surface area contributed by atoms with Crippen LogP contribution in [0.5, 0.6) is 0 Å². The van der Waals surface area contributed by atoms with Crippen LogP contribution in [0.3, 0.4) is 0 Å². The van der Waals surface area contributed by atoms with Gasteiger partial charge in [0.05, 0.1) is 11.9 Å². The maximum Gasteiger partial charge on any atom is 0.248 e. The minimum Gasteiger partial charge on any atom is -0.382 e. The van der Waals surface area contributed by atoms with Crippen LogP contribution in [-0.4, -0.2) is 22.1 Å². The van der Waals surface area contributed by atoms with Crippen molar-refractivity contribution in [2.75, 3.05) is 11.5 Å². The van der Waals surface area contributed by atoms with Gasteiger partial charge in [-0.1, -0.05) is 11.8 Å². The monoisotopic (exact) mass is 216 g/mol. The molecule has 1 aromatic heterocycles. The van der Waals surface area contributed by atoms with E-state index in [-0.39, 0.29) is 22.3 Å². The summed E-state index contributed by atoms with van der Waals surface area (Å²) in [6.45, 7) is 0. The molecule has 0 saturated carbocycles. The Balaban J connectivity index is 2.73. The third kappa shape index (κ3) is 2.81. The molecule has 0 radical (unpaired) electrons. The Morgan fingerprint density at radius 3 is 2.86 bits per heavy atom. The molecule has 7 heteroatoms. The van der Waals surface area contributed by atoms with Gasteiger partial charge in [0.15, 0.2) is 5.16 Å². The van der Waals surface area contributed by atoms with E-state index >= 15 is 0 Å². The molecule has 2 N–H and O–H groups in total. The number of nitriles is 1. The van der Waals surface area contributed by atoms with Gasteiger partial charge >= 0.3 is 0 Å². The summed E-state index contributed by atoms with van der Waals surface area (Å²) in [6, 6.07) is 1.78. The zero-order valence-corrected chi connectivity index (χ0v) is 7.76. The Morgan fingerprint density at radius 1 is 1.64 bits per heavy atom. The Bertz CT molecular complexity index is 363. The molecule has 0 aliphatic rings. The third-order valence-corrected chi connectivity index (χ3v) is 2.13. The summed E-state index contributed by atoms with van der Waals surface area (Å²) in [5, 5.41) is 8.65. The topological polar surface area (TPSA) is 75.6 Å². The predicted molar refractivity (Wildman–Crippen MR) is 47.9 cm³/mol. The number of hydrogen-bond acceptors (Lipinski definition) is 5. The molecule has 0 aromatic carbocycles. The largest absolute Gasteiger partial charge is 0.382 e. The van der Waals surface area contributed by atoms with E-state index in [1.165, 1.54) is 6.20 Å². The summed E-state index contributed by atoms with van der Waals surface area (Å²) in [5.41, 5.74) is 5.51. The molecule has 74 valence electrons. The number of thioether (sulfide) groups is 1. The van der Waals surface area contributed by atoms with Gasteiger partial charge in [-0.15, -0.1) is 0 Å². The minimum atomic E-state index is -2.42. The van der Waals surface area contributed by atoms with Gasteiger partial charge in [-0.25, -0.2) is 18.7 Å². The molecule has 1 aromatic rings. The standard InChI is InChI=1S/C7H6F2N4S/c8-5(9)3-14-7-12-2-4(1-10)6(11)13-7/h2,5H,3H2,(H2,11,12,13). The van der Waals surface area contributed by atoms with Crippen molar-refractivity contribution >= 4 is 17.6 Å². The average molecular weight is 216 g/mol. The molecular weight excluding hydrogens is 210 g/mol. The third-order valence-electron chi connectivity index (χ3n) is 1.26. The van der Waals surface area contributed by atoms with Gasteiger partial charge in [0.25, 0.3) is 0 Å². The lowest BCUT2D eigenvalue weighted by molar-refractivity contribution is 0.176. The molecule has 0 bridgehead atoms. The number of alkyl halides is 2. The molecule has 0 unspecified atom stereocenters. The van der Waals surface area contributed by atoms with Crippen LogP contribution < -0.4 is 5.73 Å². The summed E-state index contributed by atoms with van der Waals surface area (Å²) in [4.78, 5) is 7.39. The lowest BCUT2D eigenvalue weighted by Gasteiger charge is -2.00. The first-order valence-electron chi connectivity index (χ1n) is 3.57. The Kier molecular flexibility index (Phi) is 3.59. The van der Waals surface area contributed by atoms with Crippen molar-refractivity contribution in [2.24, 2.45) is 0 Å². The summed E-state index contributed by atoms with van der Waals surface area (Å²) in [6.07, 6.45) is -1.20. The van der Waals surface area contributed by atoms with Crippen molar-refractivity contribution in [1.82, 2.24) is 9.97 Å². The van der Waals surface area contributed by atoms with Crippen molar-refractivity contribution < 1.29 is 8.78 Å². The number of hydrogen-bond donors (Lipinski definition) is 1. The highest BCUT2D eigenvalue weighted by atomic mass is 32.2. The van der Waals surface area contributed by atoms with Crippen LogP contribution in [0.4, 0.5) is 14.6 Å². The molecule has 4 nitrogen and oxygen atoms in total. The van der Waals surface area contributed by atoms with Gasteiger partial charge in [0.2, 0.25) is 6.43 Å². The number of nitrogens with two attached hydrogens (primary N) is 1. The maximum atomic E-state index is 11.8. The quantitative estimate of drug-likeness (QED) is 0.608. The molecular formula is C7H6F2N4S. The summed E-state index contributed by atoms with van der Waals surface area (Å²) >= 11 is 0.800. The molecule has 0 aliphatic heterocycles. The fourth-order valence-corrected chi connectivity index (χ4v) is 1.24. The van der Waals surface area contributed by atoms with Gasteiger partial charge in [-0.2, -0.15) is 5.26 Å². The predicted octanol–water partition coefficient (Wildman–Crippen LogP) is 1.29. The minimum absolute atomic E-state index is 0.0132. The highest BCUT2D eigenvalue weighted by Gasteiger charge is 2.07. The Hall–Kier alpha value is -1.42. The van der Waals surface area contributed by atoms with Crippen LogP contribution in [0.2, 0.25) is 0 Å². The number of nitrogens with zero attached hydrogens (tertiary/aromatic N) is 3. The fourth-order valence-electron chi connectivity index (χ4n) is 0.671. The molecule has 1 heterocycles. The summed E-state index contributed by atoms with van der Waals surface area (Å²) < 4.78 is 23.6. The van der Waals surface area contributed by atoms with E-state index in [1.54, 1.807) is 6.07 Å². The molecule has 1 rings (SSSR count). The van der Waals surface area contributed by atoms with Crippen LogP contribution in [-0.2, 0) is 0 Å². The lowest BCUT2D eigenvalue weighted by atomic mass is 10.3. The molecule has 0 spiro atoms. The smallest absolute Gasteiger partial charge is 0.248 e. The van der Waals surface area contributed by atoms with Gasteiger partial charge in [0, 0.05) is 0 Å². The van der Waals surface area contributed by atoms with Crippen molar-refractivity contribution in [3.63, 3.8) is 0 Å². The number of nitrogen functional groups attached to an aromatic ring is 1. The average Bonchev–Trinajstić information content (AvgIpc) is 2.15. The highest BCUT2D eigenvalue weighted by molar-refractivity contribution is 7.99. The lowest BCUT2D eigenvalue weighted by Crippen LogP contribution is -2.00.